The van der Waals surface area contributed by atoms with Crippen molar-refractivity contribution in [2.75, 3.05) is 0 Å². The first kappa shape index (κ1) is 31.1. The third kappa shape index (κ3) is 5.32. The number of nitrogens with zero attached hydrogens (tertiary/aromatic N) is 3. The minimum Gasteiger partial charge on any atom is -0.208 e. The molecule has 9 aromatic rings. The first-order valence-corrected chi connectivity index (χ1v) is 18.2. The third-order valence-corrected chi connectivity index (χ3v) is 10.9. The highest BCUT2D eigenvalue weighted by molar-refractivity contribution is 6.11. The van der Waals surface area contributed by atoms with E-state index in [2.05, 4.69) is 129 Å². The van der Waals surface area contributed by atoms with Gasteiger partial charge in [-0.25, -0.2) is 15.0 Å². The van der Waals surface area contributed by atoms with Gasteiger partial charge in [-0.05, 0) is 96.4 Å². The zero-order chi connectivity index (χ0) is 35.5. The molecule has 1 heterocycles. The molecule has 3 nitrogen and oxygen atoms in total. The molecule has 0 spiro atoms. The maximum atomic E-state index is 4.97. The Hall–Kier alpha value is -6.71. The Morgan fingerprint density at radius 1 is 0.321 bits per heavy atom. The Morgan fingerprint density at radius 2 is 0.792 bits per heavy atom. The van der Waals surface area contributed by atoms with Crippen LogP contribution in [0.2, 0.25) is 0 Å². The van der Waals surface area contributed by atoms with Crippen LogP contribution in [0.15, 0.2) is 176 Å². The number of fused-ring (bicyclic) bond motifs is 6. The third-order valence-electron chi connectivity index (χ3n) is 10.9. The molecule has 0 amide bonds. The molecule has 10 rings (SSSR count). The molecule has 0 saturated heterocycles. The van der Waals surface area contributed by atoms with Crippen molar-refractivity contribution >= 4 is 21.5 Å². The van der Waals surface area contributed by atoms with Gasteiger partial charge in [-0.3, -0.25) is 0 Å². The average Bonchev–Trinajstić information content (AvgIpc) is 3.45. The minimum atomic E-state index is -0.0213. The molecule has 1 aliphatic rings. The molecule has 53 heavy (non-hydrogen) atoms. The number of rotatable bonds is 5. The summed E-state index contributed by atoms with van der Waals surface area (Å²) in [6.07, 6.45) is 0. The van der Waals surface area contributed by atoms with Gasteiger partial charge < -0.3 is 0 Å². The monoisotopic (exact) mass is 677 g/mol. The summed E-state index contributed by atoms with van der Waals surface area (Å²) in [7, 11) is 0. The second kappa shape index (κ2) is 12.2. The summed E-state index contributed by atoms with van der Waals surface area (Å²) in [5.41, 5.74) is 13.0. The predicted octanol–water partition coefficient (Wildman–Crippen LogP) is 12.8. The average molecular weight is 678 g/mol. The standard InChI is InChI=1S/C50H35N3/c1-50(2)45-22-10-9-21-41(45)44-31-43-39(30-46(44)50)26-24-32-23-25-38(29-42(32)43)36-18-11-17-35(27-36)37-19-12-20-40(28-37)49-52-47(33-13-5-3-6-14-33)51-48(53-49)34-15-7-4-8-16-34/h3-31H,1-2H3. The van der Waals surface area contributed by atoms with Crippen LogP contribution in [-0.2, 0) is 5.41 Å². The van der Waals surface area contributed by atoms with E-state index >= 15 is 0 Å². The van der Waals surface area contributed by atoms with Gasteiger partial charge in [0.2, 0.25) is 0 Å². The van der Waals surface area contributed by atoms with E-state index in [-0.39, 0.29) is 5.41 Å². The van der Waals surface area contributed by atoms with Crippen LogP contribution in [-0.4, -0.2) is 15.0 Å². The van der Waals surface area contributed by atoms with Gasteiger partial charge in [-0.15, -0.1) is 0 Å². The molecule has 1 aliphatic carbocycles. The summed E-state index contributed by atoms with van der Waals surface area (Å²) in [6.45, 7) is 4.69. The van der Waals surface area contributed by atoms with Gasteiger partial charge >= 0.3 is 0 Å². The van der Waals surface area contributed by atoms with Crippen molar-refractivity contribution in [3.05, 3.63) is 187 Å². The molecule has 0 unspecified atom stereocenters. The van der Waals surface area contributed by atoms with E-state index in [4.69, 9.17) is 15.0 Å². The Labute approximate surface area is 309 Å². The first-order valence-electron chi connectivity index (χ1n) is 18.2. The molecule has 0 radical (unpaired) electrons. The largest absolute Gasteiger partial charge is 0.208 e. The van der Waals surface area contributed by atoms with E-state index in [9.17, 15) is 0 Å². The molecule has 0 atom stereocenters. The van der Waals surface area contributed by atoms with Gasteiger partial charge in [0.1, 0.15) is 0 Å². The molecular formula is C50H35N3. The highest BCUT2D eigenvalue weighted by Crippen LogP contribution is 2.50. The molecule has 0 bridgehead atoms. The van der Waals surface area contributed by atoms with Crippen LogP contribution >= 0.6 is 0 Å². The van der Waals surface area contributed by atoms with Crippen molar-refractivity contribution in [1.82, 2.24) is 15.0 Å². The van der Waals surface area contributed by atoms with Crippen molar-refractivity contribution in [3.63, 3.8) is 0 Å². The summed E-state index contributed by atoms with van der Waals surface area (Å²) in [5.74, 6) is 1.96. The number of aromatic nitrogens is 3. The van der Waals surface area contributed by atoms with E-state index in [1.54, 1.807) is 0 Å². The normalized spacial score (nSPS) is 12.9. The molecule has 0 saturated carbocycles. The van der Waals surface area contributed by atoms with E-state index in [1.165, 1.54) is 54.9 Å². The Kier molecular flexibility index (Phi) is 7.16. The SMILES string of the molecule is CC1(C)c2ccccc2-c2cc3c(ccc4ccc(-c5cccc(-c6cccc(-c7nc(-c8ccccc8)nc(-c8ccccc8)n7)c6)c5)cc43)cc21. The van der Waals surface area contributed by atoms with Crippen molar-refractivity contribution in [3.8, 4) is 67.5 Å². The maximum Gasteiger partial charge on any atom is 0.164 e. The van der Waals surface area contributed by atoms with Gasteiger partial charge in [0, 0.05) is 22.1 Å². The van der Waals surface area contributed by atoms with Crippen LogP contribution in [0, 0.1) is 0 Å². The first-order chi connectivity index (χ1) is 26.0. The minimum absolute atomic E-state index is 0.0213. The van der Waals surface area contributed by atoms with Gasteiger partial charge in [0.05, 0.1) is 0 Å². The van der Waals surface area contributed by atoms with E-state index in [0.29, 0.717) is 17.5 Å². The molecule has 1 aromatic heterocycles. The van der Waals surface area contributed by atoms with Crippen LogP contribution in [0.25, 0.3) is 89.1 Å². The molecule has 8 aromatic carbocycles. The second-order valence-corrected chi connectivity index (χ2v) is 14.5. The molecule has 0 aliphatic heterocycles. The fourth-order valence-corrected chi connectivity index (χ4v) is 8.08. The van der Waals surface area contributed by atoms with Crippen molar-refractivity contribution < 1.29 is 0 Å². The zero-order valence-electron chi connectivity index (χ0n) is 29.6. The summed E-state index contributed by atoms with van der Waals surface area (Å²) < 4.78 is 0. The van der Waals surface area contributed by atoms with Gasteiger partial charge in [-0.1, -0.05) is 159 Å². The zero-order valence-corrected chi connectivity index (χ0v) is 29.6. The van der Waals surface area contributed by atoms with Crippen molar-refractivity contribution in [1.29, 1.82) is 0 Å². The summed E-state index contributed by atoms with van der Waals surface area (Å²) in [6, 6.07) is 62.7. The smallest absolute Gasteiger partial charge is 0.164 e. The summed E-state index contributed by atoms with van der Waals surface area (Å²) in [4.78, 5) is 14.8. The molecular weight excluding hydrogens is 643 g/mol. The van der Waals surface area contributed by atoms with Crippen molar-refractivity contribution in [2.45, 2.75) is 19.3 Å². The number of benzene rings is 8. The molecule has 0 N–H and O–H groups in total. The van der Waals surface area contributed by atoms with E-state index in [0.717, 1.165) is 27.8 Å². The lowest BCUT2D eigenvalue weighted by atomic mass is 9.81. The predicted molar refractivity (Wildman–Crippen MR) is 220 cm³/mol. The highest BCUT2D eigenvalue weighted by atomic mass is 15.0. The van der Waals surface area contributed by atoms with Crippen molar-refractivity contribution in [2.24, 2.45) is 0 Å². The lowest BCUT2D eigenvalue weighted by Crippen LogP contribution is -2.14. The lowest BCUT2D eigenvalue weighted by molar-refractivity contribution is 0.661. The number of hydrogen-bond acceptors (Lipinski definition) is 3. The quantitative estimate of drug-likeness (QED) is 0.170. The molecule has 0 fully saturated rings. The van der Waals surface area contributed by atoms with Crippen LogP contribution in [0.5, 0.6) is 0 Å². The Bertz CT molecular complexity index is 2800. The summed E-state index contributed by atoms with van der Waals surface area (Å²) >= 11 is 0. The molecule has 3 heteroatoms. The van der Waals surface area contributed by atoms with Crippen LogP contribution in [0.3, 0.4) is 0 Å². The van der Waals surface area contributed by atoms with Crippen LogP contribution in [0.1, 0.15) is 25.0 Å². The van der Waals surface area contributed by atoms with E-state index in [1.807, 2.05) is 60.7 Å². The van der Waals surface area contributed by atoms with Crippen LogP contribution < -0.4 is 0 Å². The Morgan fingerprint density at radius 3 is 1.45 bits per heavy atom. The van der Waals surface area contributed by atoms with Gasteiger partial charge in [0.25, 0.3) is 0 Å². The van der Waals surface area contributed by atoms with Crippen LogP contribution in [0.4, 0.5) is 0 Å². The fourth-order valence-electron chi connectivity index (χ4n) is 8.08. The highest BCUT2D eigenvalue weighted by Gasteiger charge is 2.35. The van der Waals surface area contributed by atoms with Gasteiger partial charge in [0.15, 0.2) is 17.5 Å². The Balaban J connectivity index is 1.05. The fraction of sp³-hybridized carbons (Fsp3) is 0.0600. The second-order valence-electron chi connectivity index (χ2n) is 14.5. The summed E-state index contributed by atoms with van der Waals surface area (Å²) in [5, 5.41) is 5.10. The topological polar surface area (TPSA) is 38.7 Å². The lowest BCUT2D eigenvalue weighted by Gasteiger charge is -2.21. The number of hydrogen-bond donors (Lipinski definition) is 0. The molecule has 250 valence electrons. The van der Waals surface area contributed by atoms with Gasteiger partial charge in [-0.2, -0.15) is 0 Å². The maximum absolute atomic E-state index is 4.97. The van der Waals surface area contributed by atoms with E-state index < -0.39 is 0 Å².